The fraction of sp³-hybridized carbons (Fsp3) is 0.158. The summed E-state index contributed by atoms with van der Waals surface area (Å²) in [5.74, 6) is -1.56. The van der Waals surface area contributed by atoms with Gasteiger partial charge in [0.15, 0.2) is 11.3 Å². The highest BCUT2D eigenvalue weighted by Crippen LogP contribution is 2.17. The molecule has 0 spiro atoms. The maximum absolute atomic E-state index is 12.8. The van der Waals surface area contributed by atoms with Crippen LogP contribution in [0.2, 0.25) is 0 Å². The van der Waals surface area contributed by atoms with Crippen LogP contribution in [0.4, 0.5) is 0 Å². The van der Waals surface area contributed by atoms with Gasteiger partial charge in [0.05, 0.1) is 21.8 Å². The number of H-pyrrole nitrogens is 1. The van der Waals surface area contributed by atoms with Gasteiger partial charge >= 0.3 is 5.76 Å². The van der Waals surface area contributed by atoms with Crippen LogP contribution in [-0.4, -0.2) is 29.1 Å². The maximum Gasteiger partial charge on any atom is 0.417 e. The van der Waals surface area contributed by atoms with Gasteiger partial charge in [0.1, 0.15) is 0 Å². The van der Waals surface area contributed by atoms with E-state index in [0.29, 0.717) is 5.52 Å². The number of hydrogen-bond donors (Lipinski definition) is 3. The molecule has 11 nitrogen and oxygen atoms in total. The normalized spacial score (nSPS) is 12.0. The van der Waals surface area contributed by atoms with E-state index in [-0.39, 0.29) is 38.5 Å². The molecule has 4 rings (SSSR count). The summed E-state index contributed by atoms with van der Waals surface area (Å²) >= 11 is 0. The highest BCUT2D eigenvalue weighted by molar-refractivity contribution is 7.89. The summed E-state index contributed by atoms with van der Waals surface area (Å²) in [4.78, 5) is 40.8. The van der Waals surface area contributed by atoms with E-state index in [9.17, 15) is 22.8 Å². The van der Waals surface area contributed by atoms with Crippen molar-refractivity contribution < 1.29 is 17.6 Å². The Morgan fingerprint density at radius 1 is 1.13 bits per heavy atom. The number of carbonyl (C=O) groups excluding carboxylic acids is 1. The second-order valence-electron chi connectivity index (χ2n) is 6.97. The number of hydrogen-bond acceptors (Lipinski definition) is 7. The highest BCUT2D eigenvalue weighted by atomic mass is 32.2. The van der Waals surface area contributed by atoms with Crippen molar-refractivity contribution in [2.45, 2.75) is 24.8 Å². The Bertz CT molecular complexity index is 1550. The minimum absolute atomic E-state index is 0.0517. The van der Waals surface area contributed by atoms with E-state index in [2.05, 4.69) is 15.5 Å². The standard InChI is InChI=1S/C19H17N5O6S/c1-10(2)24-18(26)13-6-4-3-5-12(13)16(22-24)17(25)21-23-31(28,29)11-7-8-14-15(9-11)30-19(27)20-14/h3-10,23H,1-2H3,(H,20,27)(H,21,25). The highest BCUT2D eigenvalue weighted by Gasteiger charge is 2.21. The third kappa shape index (κ3) is 3.73. The van der Waals surface area contributed by atoms with Crippen LogP contribution in [0.1, 0.15) is 30.4 Å². The number of aromatic amines is 1. The molecule has 0 atom stereocenters. The molecule has 0 bridgehead atoms. The van der Waals surface area contributed by atoms with Crippen LogP contribution in [0, 0.1) is 0 Å². The molecule has 0 fully saturated rings. The van der Waals surface area contributed by atoms with Gasteiger partial charge in [-0.25, -0.2) is 17.9 Å². The van der Waals surface area contributed by atoms with Crippen molar-refractivity contribution in [3.05, 3.63) is 69.1 Å². The predicted molar refractivity (Wildman–Crippen MR) is 111 cm³/mol. The van der Waals surface area contributed by atoms with Crippen molar-refractivity contribution in [3.63, 3.8) is 0 Å². The number of aromatic nitrogens is 3. The Hall–Kier alpha value is -3.77. The number of hydrazine groups is 1. The molecular formula is C19H17N5O6S. The molecule has 160 valence electrons. The van der Waals surface area contributed by atoms with Gasteiger partial charge in [-0.3, -0.25) is 20.0 Å². The predicted octanol–water partition coefficient (Wildman–Crippen LogP) is 1.04. The lowest BCUT2D eigenvalue weighted by Crippen LogP contribution is -2.42. The molecule has 2 aromatic heterocycles. The molecule has 0 aliphatic carbocycles. The topological polar surface area (TPSA) is 156 Å². The summed E-state index contributed by atoms with van der Waals surface area (Å²) in [6, 6.07) is 9.87. The number of sulfonamides is 1. The Balaban J connectivity index is 1.66. The molecule has 0 radical (unpaired) electrons. The summed E-state index contributed by atoms with van der Waals surface area (Å²) < 4.78 is 31.2. The Kier molecular flexibility index (Phi) is 4.95. The van der Waals surface area contributed by atoms with Gasteiger partial charge in [-0.15, -0.1) is 4.83 Å². The van der Waals surface area contributed by atoms with Gasteiger partial charge in [0.2, 0.25) is 0 Å². The van der Waals surface area contributed by atoms with Crippen LogP contribution in [0.25, 0.3) is 21.9 Å². The molecule has 12 heteroatoms. The third-order valence-corrected chi connectivity index (χ3v) is 5.78. The summed E-state index contributed by atoms with van der Waals surface area (Å²) in [6.07, 6.45) is 0. The van der Waals surface area contributed by atoms with Gasteiger partial charge in [-0.1, -0.05) is 18.2 Å². The molecular weight excluding hydrogens is 426 g/mol. The van der Waals surface area contributed by atoms with Gasteiger partial charge in [-0.05, 0) is 32.0 Å². The molecule has 2 aromatic carbocycles. The Labute approximate surface area is 174 Å². The monoisotopic (exact) mass is 443 g/mol. The van der Waals surface area contributed by atoms with E-state index < -0.39 is 21.7 Å². The molecule has 0 unspecified atom stereocenters. The van der Waals surface area contributed by atoms with Crippen LogP contribution in [0.5, 0.6) is 0 Å². The molecule has 3 N–H and O–H groups in total. The van der Waals surface area contributed by atoms with Crippen molar-refractivity contribution in [3.8, 4) is 0 Å². The van der Waals surface area contributed by atoms with Gasteiger partial charge in [0.25, 0.3) is 21.5 Å². The molecule has 2 heterocycles. The number of rotatable bonds is 5. The third-order valence-electron chi connectivity index (χ3n) is 4.53. The van der Waals surface area contributed by atoms with Crippen molar-refractivity contribution in [2.24, 2.45) is 0 Å². The summed E-state index contributed by atoms with van der Waals surface area (Å²) in [5.41, 5.74) is 2.03. The first-order chi connectivity index (χ1) is 14.7. The van der Waals surface area contributed by atoms with Gasteiger partial charge in [-0.2, -0.15) is 5.10 Å². The lowest BCUT2D eigenvalue weighted by molar-refractivity contribution is 0.0939. The number of nitrogens with one attached hydrogen (secondary N) is 3. The minimum Gasteiger partial charge on any atom is -0.408 e. The lowest BCUT2D eigenvalue weighted by Gasteiger charge is -2.14. The quantitative estimate of drug-likeness (QED) is 0.389. The number of amides is 1. The zero-order valence-electron chi connectivity index (χ0n) is 16.4. The number of fused-ring (bicyclic) bond motifs is 2. The minimum atomic E-state index is -4.19. The van der Waals surface area contributed by atoms with E-state index in [4.69, 9.17) is 4.42 Å². The molecule has 0 aliphatic heterocycles. The first-order valence-corrected chi connectivity index (χ1v) is 10.6. The van der Waals surface area contributed by atoms with Crippen molar-refractivity contribution >= 4 is 37.8 Å². The SMILES string of the molecule is CC(C)n1nc(C(=O)NNS(=O)(=O)c2ccc3[nH]c(=O)oc3c2)c2ccccc2c1=O. The number of carbonyl (C=O) groups is 1. The fourth-order valence-electron chi connectivity index (χ4n) is 3.05. The summed E-state index contributed by atoms with van der Waals surface area (Å²) in [6.45, 7) is 3.48. The van der Waals surface area contributed by atoms with Crippen LogP contribution >= 0.6 is 0 Å². The van der Waals surface area contributed by atoms with E-state index in [1.165, 1.54) is 12.1 Å². The van der Waals surface area contributed by atoms with Crippen molar-refractivity contribution in [1.82, 2.24) is 25.0 Å². The zero-order chi connectivity index (χ0) is 22.3. The molecule has 31 heavy (non-hydrogen) atoms. The van der Waals surface area contributed by atoms with Crippen molar-refractivity contribution in [1.29, 1.82) is 0 Å². The van der Waals surface area contributed by atoms with Gasteiger partial charge in [0, 0.05) is 11.5 Å². The number of benzene rings is 2. The molecule has 4 aromatic rings. The first kappa shape index (κ1) is 20.5. The van der Waals surface area contributed by atoms with E-state index in [0.717, 1.165) is 10.7 Å². The van der Waals surface area contributed by atoms with E-state index >= 15 is 0 Å². The average Bonchev–Trinajstić information content (AvgIpc) is 3.11. The van der Waals surface area contributed by atoms with Crippen molar-refractivity contribution in [2.75, 3.05) is 0 Å². The van der Waals surface area contributed by atoms with Crippen LogP contribution in [0.3, 0.4) is 0 Å². The lowest BCUT2D eigenvalue weighted by atomic mass is 10.1. The fourth-order valence-corrected chi connectivity index (χ4v) is 3.90. The van der Waals surface area contributed by atoms with Crippen LogP contribution in [-0.2, 0) is 10.0 Å². The molecule has 0 saturated heterocycles. The van der Waals surface area contributed by atoms with Gasteiger partial charge < -0.3 is 4.42 Å². The molecule has 1 amide bonds. The Morgan fingerprint density at radius 3 is 2.55 bits per heavy atom. The smallest absolute Gasteiger partial charge is 0.408 e. The second kappa shape index (κ2) is 7.49. The summed E-state index contributed by atoms with van der Waals surface area (Å²) in [5, 5.41) is 4.69. The second-order valence-corrected chi connectivity index (χ2v) is 8.65. The first-order valence-electron chi connectivity index (χ1n) is 9.14. The number of nitrogens with zero attached hydrogens (tertiary/aromatic N) is 2. The Morgan fingerprint density at radius 2 is 1.84 bits per heavy atom. The van der Waals surface area contributed by atoms with E-state index in [1.807, 2.05) is 4.83 Å². The average molecular weight is 443 g/mol. The molecule has 0 saturated carbocycles. The molecule has 0 aliphatic rings. The number of oxazole rings is 1. The zero-order valence-corrected chi connectivity index (χ0v) is 17.2. The van der Waals surface area contributed by atoms with Crippen LogP contribution < -0.4 is 21.6 Å². The summed E-state index contributed by atoms with van der Waals surface area (Å²) in [7, 11) is -4.19. The van der Waals surface area contributed by atoms with Crippen LogP contribution in [0.15, 0.2) is 61.4 Å². The maximum atomic E-state index is 12.8. The van der Waals surface area contributed by atoms with E-state index in [1.54, 1.807) is 38.1 Å². The largest absolute Gasteiger partial charge is 0.417 e.